The Hall–Kier alpha value is -3.02. The molecule has 1 fully saturated rings. The summed E-state index contributed by atoms with van der Waals surface area (Å²) in [6, 6.07) is 14.2. The lowest BCUT2D eigenvalue weighted by Crippen LogP contribution is -2.32. The van der Waals surface area contributed by atoms with Gasteiger partial charge in [-0.1, -0.05) is 0 Å². The van der Waals surface area contributed by atoms with Crippen LogP contribution in [0.2, 0.25) is 0 Å². The fourth-order valence-electron chi connectivity index (χ4n) is 3.24. The summed E-state index contributed by atoms with van der Waals surface area (Å²) in [5, 5.41) is 5.84. The number of hydrogen-bond acceptors (Lipinski definition) is 4. The molecule has 1 aliphatic rings. The molecular formula is C20H24N4O2. The zero-order valence-corrected chi connectivity index (χ0v) is 14.6. The van der Waals surface area contributed by atoms with Crippen LogP contribution >= 0.6 is 0 Å². The molecule has 0 unspecified atom stereocenters. The molecule has 1 saturated carbocycles. The number of nitrogens with two attached hydrogens (primary N) is 2. The molecule has 0 aliphatic heterocycles. The maximum Gasteiger partial charge on any atom is 0.227 e. The standard InChI is InChI=1S/C20H24N4O2/c21-15-5-9-17(10-6-15)23-19(25)13-1-2-14(4-3-13)20(26)24-18-11-7-16(22)8-12-18/h5-14H,1-4,21-22H2,(H,23,25)(H,24,26)/t13-,14-. The molecule has 1 aliphatic carbocycles. The smallest absolute Gasteiger partial charge is 0.227 e. The summed E-state index contributed by atoms with van der Waals surface area (Å²) in [6.45, 7) is 0. The Bertz CT molecular complexity index is 696. The van der Waals surface area contributed by atoms with Crippen LogP contribution in [0.3, 0.4) is 0 Å². The van der Waals surface area contributed by atoms with Crippen molar-refractivity contribution in [2.24, 2.45) is 11.8 Å². The maximum absolute atomic E-state index is 12.4. The molecule has 3 rings (SSSR count). The molecule has 6 nitrogen and oxygen atoms in total. The van der Waals surface area contributed by atoms with Crippen molar-refractivity contribution in [1.82, 2.24) is 0 Å². The highest BCUT2D eigenvalue weighted by atomic mass is 16.2. The zero-order valence-electron chi connectivity index (χ0n) is 14.6. The van der Waals surface area contributed by atoms with Crippen LogP contribution in [0.4, 0.5) is 22.7 Å². The Kier molecular flexibility index (Phi) is 5.41. The Morgan fingerprint density at radius 2 is 0.962 bits per heavy atom. The Labute approximate surface area is 153 Å². The first-order chi connectivity index (χ1) is 12.5. The number of rotatable bonds is 4. The zero-order chi connectivity index (χ0) is 18.5. The molecule has 0 spiro atoms. The highest BCUT2D eigenvalue weighted by Gasteiger charge is 2.30. The van der Waals surface area contributed by atoms with Crippen molar-refractivity contribution in [1.29, 1.82) is 0 Å². The van der Waals surface area contributed by atoms with Crippen LogP contribution in [0.1, 0.15) is 25.7 Å². The number of nitrogen functional groups attached to an aromatic ring is 2. The van der Waals surface area contributed by atoms with Crippen LogP contribution in [0.5, 0.6) is 0 Å². The number of carbonyl (C=O) groups excluding carboxylic acids is 2. The van der Waals surface area contributed by atoms with Gasteiger partial charge in [-0.15, -0.1) is 0 Å². The molecule has 2 amide bonds. The van der Waals surface area contributed by atoms with Gasteiger partial charge in [-0.3, -0.25) is 9.59 Å². The molecule has 0 saturated heterocycles. The number of nitrogens with one attached hydrogen (secondary N) is 2. The number of amides is 2. The molecular weight excluding hydrogens is 328 g/mol. The Balaban J connectivity index is 1.48. The lowest BCUT2D eigenvalue weighted by molar-refractivity contribution is -0.125. The fraction of sp³-hybridized carbons (Fsp3) is 0.300. The summed E-state index contributed by atoms with van der Waals surface area (Å²) >= 11 is 0. The maximum atomic E-state index is 12.4. The summed E-state index contributed by atoms with van der Waals surface area (Å²) in [6.07, 6.45) is 2.84. The minimum atomic E-state index is -0.0619. The first kappa shape index (κ1) is 17.8. The van der Waals surface area contributed by atoms with Gasteiger partial charge in [-0.05, 0) is 74.2 Å². The topological polar surface area (TPSA) is 110 Å². The molecule has 0 bridgehead atoms. The minimum Gasteiger partial charge on any atom is -0.399 e. The second kappa shape index (κ2) is 7.91. The molecule has 2 aromatic rings. The van der Waals surface area contributed by atoms with Gasteiger partial charge in [0.15, 0.2) is 0 Å². The van der Waals surface area contributed by atoms with E-state index in [1.807, 2.05) is 0 Å². The van der Waals surface area contributed by atoms with Crippen LogP contribution in [0, 0.1) is 11.8 Å². The van der Waals surface area contributed by atoms with Crippen molar-refractivity contribution < 1.29 is 9.59 Å². The van der Waals surface area contributed by atoms with E-state index in [9.17, 15) is 9.59 Å². The van der Waals surface area contributed by atoms with E-state index in [1.165, 1.54) is 0 Å². The third-order valence-electron chi connectivity index (χ3n) is 4.83. The van der Waals surface area contributed by atoms with Gasteiger partial charge in [0.1, 0.15) is 0 Å². The molecule has 6 heteroatoms. The van der Waals surface area contributed by atoms with Gasteiger partial charge in [-0.25, -0.2) is 0 Å². The number of benzene rings is 2. The quantitative estimate of drug-likeness (QED) is 0.633. The van der Waals surface area contributed by atoms with Crippen molar-refractivity contribution >= 4 is 34.6 Å². The molecule has 0 atom stereocenters. The molecule has 0 radical (unpaired) electrons. The van der Waals surface area contributed by atoms with Gasteiger partial charge < -0.3 is 22.1 Å². The van der Waals surface area contributed by atoms with Gasteiger partial charge >= 0.3 is 0 Å². The second-order valence-electron chi connectivity index (χ2n) is 6.77. The van der Waals surface area contributed by atoms with Crippen LogP contribution in [0.15, 0.2) is 48.5 Å². The van der Waals surface area contributed by atoms with Crippen LogP contribution < -0.4 is 22.1 Å². The average Bonchev–Trinajstić information content (AvgIpc) is 2.65. The van der Waals surface area contributed by atoms with Crippen molar-refractivity contribution in [2.75, 3.05) is 22.1 Å². The SMILES string of the molecule is Nc1ccc(NC(=O)[C@H]2CC[C@H](C(=O)Nc3ccc(N)cc3)CC2)cc1. The van der Waals surface area contributed by atoms with Crippen LogP contribution in [0.25, 0.3) is 0 Å². The van der Waals surface area contributed by atoms with Crippen LogP contribution in [-0.4, -0.2) is 11.8 Å². The van der Waals surface area contributed by atoms with E-state index in [1.54, 1.807) is 48.5 Å². The molecule has 0 aromatic heterocycles. The molecule has 26 heavy (non-hydrogen) atoms. The van der Waals surface area contributed by atoms with Gasteiger partial charge in [0.2, 0.25) is 11.8 Å². The third-order valence-corrected chi connectivity index (χ3v) is 4.83. The lowest BCUT2D eigenvalue weighted by atomic mass is 9.81. The van der Waals surface area contributed by atoms with Gasteiger partial charge in [0.25, 0.3) is 0 Å². The first-order valence-corrected chi connectivity index (χ1v) is 8.84. The summed E-state index contributed by atoms with van der Waals surface area (Å²) < 4.78 is 0. The average molecular weight is 352 g/mol. The number of hydrogen-bond donors (Lipinski definition) is 4. The van der Waals surface area contributed by atoms with E-state index in [2.05, 4.69) is 10.6 Å². The Morgan fingerprint density at radius 3 is 1.27 bits per heavy atom. The largest absolute Gasteiger partial charge is 0.399 e. The van der Waals surface area contributed by atoms with Gasteiger partial charge in [-0.2, -0.15) is 0 Å². The molecule has 2 aromatic carbocycles. The highest BCUT2D eigenvalue weighted by molar-refractivity contribution is 5.94. The number of anilines is 4. The summed E-state index contributed by atoms with van der Waals surface area (Å²) in [4.78, 5) is 24.8. The molecule has 6 N–H and O–H groups in total. The predicted octanol–water partition coefficient (Wildman–Crippen LogP) is 3.23. The summed E-state index contributed by atoms with van der Waals surface area (Å²) in [5.74, 6) is -0.111. The number of carbonyl (C=O) groups is 2. The van der Waals surface area contributed by atoms with E-state index < -0.39 is 0 Å². The van der Waals surface area contributed by atoms with E-state index in [0.29, 0.717) is 37.1 Å². The molecule has 0 heterocycles. The van der Waals surface area contributed by atoms with Crippen molar-refractivity contribution in [3.8, 4) is 0 Å². The lowest BCUT2D eigenvalue weighted by Gasteiger charge is -2.27. The first-order valence-electron chi connectivity index (χ1n) is 8.84. The summed E-state index contributed by atoms with van der Waals surface area (Å²) in [5.41, 5.74) is 14.1. The van der Waals surface area contributed by atoms with E-state index in [4.69, 9.17) is 11.5 Å². The van der Waals surface area contributed by atoms with Gasteiger partial charge in [0, 0.05) is 34.6 Å². The monoisotopic (exact) mass is 352 g/mol. The van der Waals surface area contributed by atoms with Crippen molar-refractivity contribution in [3.63, 3.8) is 0 Å². The van der Waals surface area contributed by atoms with Crippen LogP contribution in [-0.2, 0) is 9.59 Å². The minimum absolute atomic E-state index is 0.00663. The van der Waals surface area contributed by atoms with Crippen molar-refractivity contribution in [3.05, 3.63) is 48.5 Å². The molecule has 136 valence electrons. The predicted molar refractivity (Wildman–Crippen MR) is 104 cm³/mol. The fourth-order valence-corrected chi connectivity index (χ4v) is 3.24. The second-order valence-corrected chi connectivity index (χ2v) is 6.77. The Morgan fingerprint density at radius 1 is 0.654 bits per heavy atom. The van der Waals surface area contributed by atoms with Gasteiger partial charge in [0.05, 0.1) is 0 Å². The van der Waals surface area contributed by atoms with E-state index in [-0.39, 0.29) is 23.7 Å². The highest BCUT2D eigenvalue weighted by Crippen LogP contribution is 2.30. The summed E-state index contributed by atoms with van der Waals surface area (Å²) in [7, 11) is 0. The van der Waals surface area contributed by atoms with E-state index >= 15 is 0 Å². The third kappa shape index (κ3) is 4.53. The van der Waals surface area contributed by atoms with Crippen molar-refractivity contribution in [2.45, 2.75) is 25.7 Å². The normalized spacial score (nSPS) is 19.5. The van der Waals surface area contributed by atoms with E-state index in [0.717, 1.165) is 11.4 Å².